The van der Waals surface area contributed by atoms with Crippen LogP contribution < -0.4 is 4.74 Å². The van der Waals surface area contributed by atoms with Crippen LogP contribution in [0.1, 0.15) is 18.4 Å². The Bertz CT molecular complexity index is 443. The molecule has 19 heavy (non-hydrogen) atoms. The van der Waals surface area contributed by atoms with Crippen LogP contribution in [0.3, 0.4) is 0 Å². The van der Waals surface area contributed by atoms with E-state index >= 15 is 0 Å². The van der Waals surface area contributed by atoms with Gasteiger partial charge in [0, 0.05) is 38.3 Å². The van der Waals surface area contributed by atoms with Crippen LogP contribution in [-0.4, -0.2) is 35.5 Å². The molecular weight excluding hydrogens is 261 g/mol. The molecule has 1 aromatic heterocycles. The van der Waals surface area contributed by atoms with Gasteiger partial charge in [-0.1, -0.05) is 0 Å². The van der Waals surface area contributed by atoms with Crippen molar-refractivity contribution in [1.29, 1.82) is 0 Å². The quantitative estimate of drug-likeness (QED) is 0.793. The lowest BCUT2D eigenvalue weighted by molar-refractivity contribution is -0.139. The normalized spacial score (nSPS) is 17.3. The fraction of sp³-hybridized carbons (Fsp3) is 0.500. The number of ether oxygens (including phenoxy) is 1. The lowest BCUT2D eigenvalue weighted by Crippen LogP contribution is -2.37. The van der Waals surface area contributed by atoms with E-state index in [1.54, 1.807) is 4.90 Å². The van der Waals surface area contributed by atoms with E-state index in [1.165, 1.54) is 12.3 Å². The molecule has 1 fully saturated rings. The Labute approximate surface area is 108 Å². The van der Waals surface area contributed by atoms with Crippen molar-refractivity contribution in [2.75, 3.05) is 13.1 Å². The second-order valence-corrected chi connectivity index (χ2v) is 4.33. The van der Waals surface area contributed by atoms with Crippen LogP contribution in [0.15, 0.2) is 18.5 Å². The first-order chi connectivity index (χ1) is 9.00. The highest BCUT2D eigenvalue weighted by Gasteiger charge is 2.35. The summed E-state index contributed by atoms with van der Waals surface area (Å²) in [4.78, 5) is 15.6. The third-order valence-electron chi connectivity index (χ3n) is 3.01. The van der Waals surface area contributed by atoms with Crippen molar-refractivity contribution in [2.24, 2.45) is 0 Å². The topological polar surface area (TPSA) is 42.4 Å². The summed E-state index contributed by atoms with van der Waals surface area (Å²) in [6, 6.07) is 1.22. The van der Waals surface area contributed by atoms with Crippen molar-refractivity contribution >= 4 is 6.41 Å². The molecule has 0 unspecified atom stereocenters. The smallest absolute Gasteiger partial charge is 0.421 e. The van der Waals surface area contributed by atoms with Gasteiger partial charge in [-0.25, -0.2) is 0 Å². The van der Waals surface area contributed by atoms with Crippen molar-refractivity contribution in [3.05, 3.63) is 24.0 Å². The van der Waals surface area contributed by atoms with E-state index in [2.05, 4.69) is 4.98 Å². The molecular formula is C12H13F3N2O2. The molecule has 2 heterocycles. The number of hydrogen-bond donors (Lipinski definition) is 0. The van der Waals surface area contributed by atoms with Gasteiger partial charge in [0.15, 0.2) is 0 Å². The summed E-state index contributed by atoms with van der Waals surface area (Å²) in [6.45, 7) is 1.00. The van der Waals surface area contributed by atoms with Crippen molar-refractivity contribution in [2.45, 2.75) is 25.1 Å². The molecule has 2 rings (SSSR count). The summed E-state index contributed by atoms with van der Waals surface area (Å²) in [5.74, 6) is -0.202. The highest BCUT2D eigenvalue weighted by Crippen LogP contribution is 2.36. The Morgan fingerprint density at radius 3 is 2.63 bits per heavy atom. The number of rotatable bonds is 3. The van der Waals surface area contributed by atoms with Crippen molar-refractivity contribution in [1.82, 2.24) is 9.88 Å². The molecule has 0 aromatic carbocycles. The van der Waals surface area contributed by atoms with E-state index in [4.69, 9.17) is 4.74 Å². The number of nitrogens with zero attached hydrogens (tertiary/aromatic N) is 2. The Balaban J connectivity index is 2.06. The van der Waals surface area contributed by atoms with Crippen LogP contribution in [-0.2, 0) is 11.0 Å². The number of piperidine rings is 1. The van der Waals surface area contributed by atoms with Crippen LogP contribution in [0, 0.1) is 0 Å². The minimum Gasteiger partial charge on any atom is -0.490 e. The van der Waals surface area contributed by atoms with E-state index in [-0.39, 0.29) is 11.9 Å². The standard InChI is InChI=1S/C12H13F3N2O2/c13-12(14,15)10-7-16-4-1-11(10)19-9-2-5-17(8-18)6-3-9/h1,4,7-9H,2-3,5-6H2. The van der Waals surface area contributed by atoms with Crippen LogP contribution in [0.25, 0.3) is 0 Å². The molecule has 7 heteroatoms. The van der Waals surface area contributed by atoms with Crippen molar-refractivity contribution < 1.29 is 22.7 Å². The largest absolute Gasteiger partial charge is 0.490 e. The minimum atomic E-state index is -4.48. The van der Waals surface area contributed by atoms with Gasteiger partial charge in [0.05, 0.1) is 0 Å². The summed E-state index contributed by atoms with van der Waals surface area (Å²) < 4.78 is 43.6. The van der Waals surface area contributed by atoms with E-state index in [0.717, 1.165) is 12.6 Å². The average Bonchev–Trinajstić information content (AvgIpc) is 2.39. The number of amides is 1. The third kappa shape index (κ3) is 3.36. The number of hydrogen-bond acceptors (Lipinski definition) is 3. The zero-order chi connectivity index (χ0) is 13.9. The number of carbonyl (C=O) groups excluding carboxylic acids is 1. The number of likely N-dealkylation sites (tertiary alicyclic amines) is 1. The molecule has 0 N–H and O–H groups in total. The van der Waals surface area contributed by atoms with E-state index in [9.17, 15) is 18.0 Å². The van der Waals surface area contributed by atoms with Gasteiger partial charge < -0.3 is 9.64 Å². The minimum absolute atomic E-state index is 0.202. The molecule has 0 aliphatic carbocycles. The van der Waals surface area contributed by atoms with Crippen LogP contribution >= 0.6 is 0 Å². The highest BCUT2D eigenvalue weighted by atomic mass is 19.4. The molecule has 1 aromatic rings. The number of alkyl halides is 3. The maximum Gasteiger partial charge on any atom is 0.421 e. The summed E-state index contributed by atoms with van der Waals surface area (Å²) in [6.07, 6.45) is -0.964. The molecule has 4 nitrogen and oxygen atoms in total. The molecule has 1 saturated heterocycles. The summed E-state index contributed by atoms with van der Waals surface area (Å²) in [7, 11) is 0. The SMILES string of the molecule is O=CN1CCC(Oc2ccncc2C(F)(F)F)CC1. The Morgan fingerprint density at radius 2 is 2.05 bits per heavy atom. The molecule has 1 amide bonds. The highest BCUT2D eigenvalue weighted by molar-refractivity contribution is 5.47. The Morgan fingerprint density at radius 1 is 1.37 bits per heavy atom. The molecule has 104 valence electrons. The van der Waals surface area contributed by atoms with E-state index in [1.807, 2.05) is 0 Å². The zero-order valence-corrected chi connectivity index (χ0v) is 10.1. The fourth-order valence-electron chi connectivity index (χ4n) is 1.98. The van der Waals surface area contributed by atoms with Crippen LogP contribution in [0.4, 0.5) is 13.2 Å². The molecule has 0 spiro atoms. The Kier molecular flexibility index (Phi) is 3.92. The molecule has 0 atom stereocenters. The molecule has 0 bridgehead atoms. The number of halogens is 3. The van der Waals surface area contributed by atoms with Gasteiger partial charge >= 0.3 is 6.18 Å². The lowest BCUT2D eigenvalue weighted by atomic mass is 10.1. The second kappa shape index (κ2) is 5.46. The Hall–Kier alpha value is -1.79. The first-order valence-electron chi connectivity index (χ1n) is 5.88. The fourth-order valence-corrected chi connectivity index (χ4v) is 1.98. The predicted molar refractivity (Wildman–Crippen MR) is 60.5 cm³/mol. The van der Waals surface area contributed by atoms with Gasteiger partial charge in [-0.2, -0.15) is 13.2 Å². The van der Waals surface area contributed by atoms with E-state index in [0.29, 0.717) is 25.9 Å². The number of pyridine rings is 1. The van der Waals surface area contributed by atoms with Crippen LogP contribution in [0.5, 0.6) is 5.75 Å². The van der Waals surface area contributed by atoms with Gasteiger partial charge in [0.2, 0.25) is 6.41 Å². The van der Waals surface area contributed by atoms with Crippen LogP contribution in [0.2, 0.25) is 0 Å². The predicted octanol–water partition coefficient (Wildman–Crippen LogP) is 2.10. The molecule has 0 radical (unpaired) electrons. The molecule has 0 saturated carbocycles. The van der Waals surface area contributed by atoms with Gasteiger partial charge in [-0.3, -0.25) is 9.78 Å². The maximum atomic E-state index is 12.7. The van der Waals surface area contributed by atoms with Gasteiger partial charge in [-0.05, 0) is 6.07 Å². The lowest BCUT2D eigenvalue weighted by Gasteiger charge is -2.30. The second-order valence-electron chi connectivity index (χ2n) is 4.33. The summed E-state index contributed by atoms with van der Waals surface area (Å²) in [5, 5.41) is 0. The van der Waals surface area contributed by atoms with Crippen molar-refractivity contribution in [3.8, 4) is 5.75 Å². The number of carbonyl (C=O) groups is 1. The monoisotopic (exact) mass is 274 g/mol. The van der Waals surface area contributed by atoms with Gasteiger partial charge in [-0.15, -0.1) is 0 Å². The molecule has 1 aliphatic rings. The maximum absolute atomic E-state index is 12.7. The zero-order valence-electron chi connectivity index (χ0n) is 10.1. The first kappa shape index (κ1) is 13.6. The summed E-state index contributed by atoms with van der Waals surface area (Å²) in [5.41, 5.74) is -0.868. The van der Waals surface area contributed by atoms with E-state index < -0.39 is 11.7 Å². The summed E-state index contributed by atoms with van der Waals surface area (Å²) >= 11 is 0. The molecule has 1 aliphatic heterocycles. The van der Waals surface area contributed by atoms with Gasteiger partial charge in [0.1, 0.15) is 17.4 Å². The van der Waals surface area contributed by atoms with Gasteiger partial charge in [0.25, 0.3) is 0 Å². The average molecular weight is 274 g/mol. The third-order valence-corrected chi connectivity index (χ3v) is 3.01. The van der Waals surface area contributed by atoms with Crippen molar-refractivity contribution in [3.63, 3.8) is 0 Å². The number of aromatic nitrogens is 1. The first-order valence-corrected chi connectivity index (χ1v) is 5.88.